The molecule has 3 aromatic carbocycles. The summed E-state index contributed by atoms with van der Waals surface area (Å²) in [7, 11) is -4.20. The van der Waals surface area contributed by atoms with E-state index in [-0.39, 0.29) is 35.4 Å². The van der Waals surface area contributed by atoms with Crippen molar-refractivity contribution in [1.29, 1.82) is 0 Å². The Labute approximate surface area is 229 Å². The molecule has 2 atom stereocenters. The zero-order valence-corrected chi connectivity index (χ0v) is 23.1. The fraction of sp³-hybridized carbons (Fsp3) is 0.300. The van der Waals surface area contributed by atoms with E-state index in [4.69, 9.17) is 0 Å². The van der Waals surface area contributed by atoms with E-state index >= 15 is 0 Å². The van der Waals surface area contributed by atoms with Crippen LogP contribution >= 0.6 is 0 Å². The maximum Gasteiger partial charge on any atom is 0.269 e. The van der Waals surface area contributed by atoms with Gasteiger partial charge in [0.1, 0.15) is 17.5 Å². The van der Waals surface area contributed by atoms with Crippen LogP contribution < -0.4 is 5.32 Å². The van der Waals surface area contributed by atoms with Crippen molar-refractivity contribution in [3.8, 4) is 0 Å². The van der Waals surface area contributed by atoms with Gasteiger partial charge in [-0.25, -0.2) is 12.7 Å². The number of amides is 3. The lowest BCUT2D eigenvalue weighted by molar-refractivity contribution is -0.141. The molecule has 1 N–H and O–H groups in total. The summed E-state index contributed by atoms with van der Waals surface area (Å²) >= 11 is 0. The molecular weight excluding hydrogens is 514 g/mol. The molecule has 204 valence electrons. The second-order valence-corrected chi connectivity index (χ2v) is 11.7. The van der Waals surface area contributed by atoms with Crippen LogP contribution in [-0.2, 0) is 32.6 Å². The third kappa shape index (κ3) is 6.20. The van der Waals surface area contributed by atoms with Gasteiger partial charge in [0.2, 0.25) is 11.8 Å². The molecule has 8 nitrogen and oxygen atoms in total. The van der Waals surface area contributed by atoms with Crippen LogP contribution in [0.25, 0.3) is 0 Å². The monoisotopic (exact) mass is 547 g/mol. The summed E-state index contributed by atoms with van der Waals surface area (Å²) in [5.41, 5.74) is 2.65. The first kappa shape index (κ1) is 28.0. The molecule has 1 heterocycles. The van der Waals surface area contributed by atoms with Crippen molar-refractivity contribution in [2.75, 3.05) is 6.54 Å². The minimum Gasteiger partial charge on any atom is -0.352 e. The van der Waals surface area contributed by atoms with Gasteiger partial charge in [-0.3, -0.25) is 14.4 Å². The minimum absolute atomic E-state index is 0.0332. The van der Waals surface area contributed by atoms with Crippen molar-refractivity contribution in [1.82, 2.24) is 14.5 Å². The molecule has 0 spiro atoms. The van der Waals surface area contributed by atoms with Crippen LogP contribution in [0.1, 0.15) is 47.3 Å². The van der Waals surface area contributed by atoms with Crippen molar-refractivity contribution in [2.24, 2.45) is 0 Å². The zero-order chi connectivity index (χ0) is 28.2. The number of nitrogens with one attached hydrogen (secondary N) is 1. The highest BCUT2D eigenvalue weighted by molar-refractivity contribution is 7.90. The van der Waals surface area contributed by atoms with Gasteiger partial charge in [-0.05, 0) is 43.5 Å². The molecule has 3 amide bonds. The number of hydrogen-bond acceptors (Lipinski definition) is 5. The van der Waals surface area contributed by atoms with Crippen molar-refractivity contribution >= 4 is 27.7 Å². The molecule has 39 heavy (non-hydrogen) atoms. The molecule has 0 fully saturated rings. The van der Waals surface area contributed by atoms with Crippen LogP contribution in [0.3, 0.4) is 0 Å². The highest BCUT2D eigenvalue weighted by Gasteiger charge is 2.43. The summed E-state index contributed by atoms with van der Waals surface area (Å²) in [6.45, 7) is 5.13. The molecule has 3 aromatic rings. The Morgan fingerprint density at radius 3 is 2.28 bits per heavy atom. The first-order chi connectivity index (χ1) is 18.6. The molecule has 0 aromatic heterocycles. The molecule has 0 bridgehead atoms. The average molecular weight is 548 g/mol. The summed E-state index contributed by atoms with van der Waals surface area (Å²) in [4.78, 5) is 41.9. The highest BCUT2D eigenvalue weighted by Crippen LogP contribution is 2.30. The van der Waals surface area contributed by atoms with E-state index in [1.54, 1.807) is 6.07 Å². The number of benzene rings is 3. The third-order valence-corrected chi connectivity index (χ3v) is 8.69. The topological polar surface area (TPSA) is 104 Å². The van der Waals surface area contributed by atoms with Crippen LogP contribution in [0.15, 0.2) is 83.8 Å². The number of fused-ring (bicyclic) bond motifs is 1. The van der Waals surface area contributed by atoms with Crippen LogP contribution in [0.5, 0.6) is 0 Å². The standard InChI is InChI=1S/C30H33N3O5S/c1-4-22(3)31-29(35)26(18-23-12-6-5-7-13-23)32(19-24-14-10-11-21(2)17-24)28(34)20-33-30(36)25-15-8-9-16-27(25)39(33,37)38/h5-17,22,26H,4,18-20H2,1-3H3,(H,31,35). The van der Waals surface area contributed by atoms with Gasteiger partial charge in [-0.1, -0.05) is 79.2 Å². The summed E-state index contributed by atoms with van der Waals surface area (Å²) in [6.07, 6.45) is 0.927. The normalized spacial score (nSPS) is 15.4. The van der Waals surface area contributed by atoms with Crippen LogP contribution in [0, 0.1) is 6.92 Å². The van der Waals surface area contributed by atoms with Crippen molar-refractivity contribution in [3.63, 3.8) is 0 Å². The van der Waals surface area contributed by atoms with Gasteiger partial charge in [0.05, 0.1) is 5.56 Å². The van der Waals surface area contributed by atoms with E-state index < -0.39 is 34.4 Å². The Kier molecular flexibility index (Phi) is 8.50. The number of sulfonamides is 1. The molecule has 0 saturated carbocycles. The maximum absolute atomic E-state index is 14.0. The smallest absolute Gasteiger partial charge is 0.269 e. The van der Waals surface area contributed by atoms with Gasteiger partial charge in [-0.2, -0.15) is 0 Å². The SMILES string of the molecule is CCC(C)NC(=O)C(Cc1ccccc1)N(Cc1cccc(C)c1)C(=O)CN1C(=O)c2ccccc2S1(=O)=O. The number of nitrogens with zero attached hydrogens (tertiary/aromatic N) is 2. The van der Waals surface area contributed by atoms with Gasteiger partial charge in [0.25, 0.3) is 15.9 Å². The Morgan fingerprint density at radius 2 is 1.62 bits per heavy atom. The largest absolute Gasteiger partial charge is 0.352 e. The minimum atomic E-state index is -4.20. The number of carbonyl (C=O) groups excluding carboxylic acids is 3. The Balaban J connectivity index is 1.72. The quantitative estimate of drug-likeness (QED) is 0.417. The molecule has 0 saturated heterocycles. The first-order valence-corrected chi connectivity index (χ1v) is 14.4. The molecule has 0 radical (unpaired) electrons. The maximum atomic E-state index is 14.0. The molecular formula is C30H33N3O5S. The molecule has 2 unspecified atom stereocenters. The fourth-order valence-electron chi connectivity index (χ4n) is 4.60. The van der Waals surface area contributed by atoms with Crippen molar-refractivity contribution < 1.29 is 22.8 Å². The van der Waals surface area contributed by atoms with Gasteiger partial charge >= 0.3 is 0 Å². The second-order valence-electron chi connectivity index (χ2n) is 9.85. The lowest BCUT2D eigenvalue weighted by atomic mass is 10.0. The lowest BCUT2D eigenvalue weighted by Crippen LogP contribution is -2.54. The number of carbonyl (C=O) groups is 3. The van der Waals surface area contributed by atoms with E-state index in [2.05, 4.69) is 5.32 Å². The van der Waals surface area contributed by atoms with Crippen LogP contribution in [0.2, 0.25) is 0 Å². The number of rotatable bonds is 10. The molecule has 9 heteroatoms. The predicted molar refractivity (Wildman–Crippen MR) is 148 cm³/mol. The van der Waals surface area contributed by atoms with E-state index in [0.717, 1.165) is 16.7 Å². The zero-order valence-electron chi connectivity index (χ0n) is 22.3. The average Bonchev–Trinajstić information content (AvgIpc) is 3.11. The summed E-state index contributed by atoms with van der Waals surface area (Å²) < 4.78 is 27.0. The second kappa shape index (κ2) is 11.8. The summed E-state index contributed by atoms with van der Waals surface area (Å²) in [5.74, 6) is -1.73. The van der Waals surface area contributed by atoms with Gasteiger partial charge in [-0.15, -0.1) is 0 Å². The Morgan fingerprint density at radius 1 is 0.949 bits per heavy atom. The molecule has 0 aliphatic carbocycles. The summed E-state index contributed by atoms with van der Waals surface area (Å²) in [5, 5.41) is 2.98. The van der Waals surface area contributed by atoms with Crippen LogP contribution in [-0.4, -0.2) is 54.0 Å². The third-order valence-electron chi connectivity index (χ3n) is 6.90. The van der Waals surface area contributed by atoms with Crippen molar-refractivity contribution in [3.05, 3.63) is 101 Å². The van der Waals surface area contributed by atoms with E-state index in [1.165, 1.54) is 23.1 Å². The lowest BCUT2D eigenvalue weighted by Gasteiger charge is -2.33. The van der Waals surface area contributed by atoms with Crippen LogP contribution in [0.4, 0.5) is 0 Å². The Bertz CT molecular complexity index is 1470. The van der Waals surface area contributed by atoms with Crippen molar-refractivity contribution in [2.45, 2.75) is 57.1 Å². The van der Waals surface area contributed by atoms with Gasteiger partial charge in [0.15, 0.2) is 0 Å². The Hall–Kier alpha value is -3.98. The first-order valence-electron chi connectivity index (χ1n) is 13.0. The number of aryl methyl sites for hydroxylation is 1. The molecule has 4 rings (SSSR count). The highest BCUT2D eigenvalue weighted by atomic mass is 32.2. The summed E-state index contributed by atoms with van der Waals surface area (Å²) in [6, 6.07) is 21.8. The van der Waals surface area contributed by atoms with E-state index in [0.29, 0.717) is 10.7 Å². The van der Waals surface area contributed by atoms with E-state index in [9.17, 15) is 22.8 Å². The molecule has 1 aliphatic rings. The fourth-order valence-corrected chi connectivity index (χ4v) is 6.12. The predicted octanol–water partition coefficient (Wildman–Crippen LogP) is 3.69. The van der Waals surface area contributed by atoms with Gasteiger partial charge < -0.3 is 10.2 Å². The molecule has 1 aliphatic heterocycles. The number of hydrogen-bond donors (Lipinski definition) is 1. The van der Waals surface area contributed by atoms with E-state index in [1.807, 2.05) is 75.4 Å². The van der Waals surface area contributed by atoms with Gasteiger partial charge in [0, 0.05) is 19.0 Å².